The second-order valence-corrected chi connectivity index (χ2v) is 4.47. The highest BCUT2D eigenvalue weighted by Crippen LogP contribution is 2.39. The van der Waals surface area contributed by atoms with E-state index in [9.17, 15) is 4.79 Å². The Hall–Kier alpha value is -0.630. The van der Waals surface area contributed by atoms with Crippen LogP contribution in [0.25, 0.3) is 0 Å². The third-order valence-electron chi connectivity index (χ3n) is 3.47. The predicted molar refractivity (Wildman–Crippen MR) is 52.5 cm³/mol. The van der Waals surface area contributed by atoms with Crippen molar-refractivity contribution in [3.05, 3.63) is 12.2 Å². The quantitative estimate of drug-likeness (QED) is 0.563. The number of rotatable bonds is 0. The number of hydrogen-bond donors (Lipinski definition) is 0. The molecule has 1 fully saturated rings. The van der Waals surface area contributed by atoms with Gasteiger partial charge >= 0.3 is 0 Å². The molecule has 0 amide bonds. The van der Waals surface area contributed by atoms with E-state index >= 15 is 0 Å². The molecule has 1 aliphatic heterocycles. The van der Waals surface area contributed by atoms with E-state index in [0.717, 1.165) is 12.8 Å². The molecule has 72 valence electrons. The molecule has 0 aromatic heterocycles. The van der Waals surface area contributed by atoms with Crippen molar-refractivity contribution in [3.8, 4) is 0 Å². The van der Waals surface area contributed by atoms with Crippen molar-refractivity contribution in [2.75, 3.05) is 20.1 Å². The Labute approximate surface area is 79.6 Å². The topological polar surface area (TPSA) is 20.3 Å². The maximum absolute atomic E-state index is 11.1. The zero-order chi connectivity index (χ0) is 9.31. The van der Waals surface area contributed by atoms with Crippen LogP contribution < -0.4 is 0 Å². The van der Waals surface area contributed by atoms with Crippen molar-refractivity contribution >= 4 is 5.78 Å². The fraction of sp³-hybridized carbons (Fsp3) is 0.727. The molecule has 1 saturated heterocycles. The van der Waals surface area contributed by atoms with E-state index in [1.54, 1.807) is 6.08 Å². The molecule has 0 bridgehead atoms. The molecule has 2 aliphatic rings. The van der Waals surface area contributed by atoms with Crippen LogP contribution in [0, 0.1) is 5.41 Å². The molecular formula is C11H17NO. The molecular weight excluding hydrogens is 162 g/mol. The summed E-state index contributed by atoms with van der Waals surface area (Å²) in [7, 11) is 2.17. The van der Waals surface area contributed by atoms with Crippen LogP contribution in [0.5, 0.6) is 0 Å². The van der Waals surface area contributed by atoms with Crippen LogP contribution in [0.1, 0.15) is 25.7 Å². The molecule has 13 heavy (non-hydrogen) atoms. The van der Waals surface area contributed by atoms with E-state index in [1.165, 1.54) is 25.9 Å². The van der Waals surface area contributed by atoms with Gasteiger partial charge in [-0.1, -0.05) is 6.08 Å². The summed E-state index contributed by atoms with van der Waals surface area (Å²) in [5.41, 5.74) is 0.375. The number of hydrogen-bond acceptors (Lipinski definition) is 2. The molecule has 0 radical (unpaired) electrons. The van der Waals surface area contributed by atoms with Crippen molar-refractivity contribution in [1.29, 1.82) is 0 Å². The zero-order valence-electron chi connectivity index (χ0n) is 8.25. The molecule has 0 atom stereocenters. The monoisotopic (exact) mass is 179 g/mol. The molecule has 2 nitrogen and oxygen atoms in total. The molecule has 2 heteroatoms. The first-order chi connectivity index (χ1) is 6.20. The lowest BCUT2D eigenvalue weighted by Crippen LogP contribution is -2.38. The number of ketones is 1. The third kappa shape index (κ3) is 1.83. The number of nitrogens with zero attached hydrogens (tertiary/aromatic N) is 1. The first-order valence-electron chi connectivity index (χ1n) is 5.11. The number of carbonyl (C=O) groups is 1. The fourth-order valence-electron chi connectivity index (χ4n) is 2.29. The summed E-state index contributed by atoms with van der Waals surface area (Å²) in [4.78, 5) is 13.4. The second-order valence-electron chi connectivity index (χ2n) is 4.47. The van der Waals surface area contributed by atoms with Crippen LogP contribution in [0.4, 0.5) is 0 Å². The van der Waals surface area contributed by atoms with E-state index in [-0.39, 0.29) is 0 Å². The van der Waals surface area contributed by atoms with E-state index < -0.39 is 0 Å². The Morgan fingerprint density at radius 3 is 2.54 bits per heavy atom. The van der Waals surface area contributed by atoms with Gasteiger partial charge in [0, 0.05) is 6.42 Å². The highest BCUT2D eigenvalue weighted by molar-refractivity contribution is 5.90. The third-order valence-corrected chi connectivity index (χ3v) is 3.47. The Morgan fingerprint density at radius 1 is 1.31 bits per heavy atom. The minimum Gasteiger partial charge on any atom is -0.306 e. The molecule has 0 aromatic carbocycles. The largest absolute Gasteiger partial charge is 0.306 e. The van der Waals surface area contributed by atoms with Gasteiger partial charge in [-0.2, -0.15) is 0 Å². The summed E-state index contributed by atoms with van der Waals surface area (Å²) in [6.07, 6.45) is 8.28. The first kappa shape index (κ1) is 8.95. The smallest absolute Gasteiger partial charge is 0.155 e. The predicted octanol–water partition coefficient (Wildman–Crippen LogP) is 1.62. The van der Waals surface area contributed by atoms with Crippen LogP contribution in [0.3, 0.4) is 0 Å². The van der Waals surface area contributed by atoms with Gasteiger partial charge in [-0.15, -0.1) is 0 Å². The standard InChI is InChI=1S/C11H17NO/c1-12-8-6-11(7-9-12)4-2-10(13)3-5-11/h2,4H,3,5-9H2,1H3. The molecule has 2 rings (SSSR count). The summed E-state index contributed by atoms with van der Waals surface area (Å²) in [5.74, 6) is 0.310. The zero-order valence-corrected chi connectivity index (χ0v) is 8.25. The second kappa shape index (κ2) is 3.26. The maximum atomic E-state index is 11.1. The maximum Gasteiger partial charge on any atom is 0.155 e. The minimum absolute atomic E-state index is 0.310. The van der Waals surface area contributed by atoms with Gasteiger partial charge < -0.3 is 4.90 Å². The van der Waals surface area contributed by atoms with Gasteiger partial charge in [-0.3, -0.25) is 4.79 Å². The van der Waals surface area contributed by atoms with Crippen molar-refractivity contribution in [2.24, 2.45) is 5.41 Å². The van der Waals surface area contributed by atoms with Crippen LogP contribution >= 0.6 is 0 Å². The van der Waals surface area contributed by atoms with Gasteiger partial charge in [0.05, 0.1) is 0 Å². The molecule has 0 N–H and O–H groups in total. The van der Waals surface area contributed by atoms with Crippen LogP contribution in [-0.4, -0.2) is 30.8 Å². The summed E-state index contributed by atoms with van der Waals surface area (Å²) in [6.45, 7) is 2.36. The van der Waals surface area contributed by atoms with Crippen molar-refractivity contribution < 1.29 is 4.79 Å². The van der Waals surface area contributed by atoms with E-state index in [2.05, 4.69) is 18.0 Å². The number of allylic oxidation sites excluding steroid dienone is 2. The highest BCUT2D eigenvalue weighted by Gasteiger charge is 2.33. The highest BCUT2D eigenvalue weighted by atomic mass is 16.1. The molecule has 1 spiro atoms. The van der Waals surface area contributed by atoms with Gasteiger partial charge in [-0.25, -0.2) is 0 Å². The molecule has 0 saturated carbocycles. The van der Waals surface area contributed by atoms with Crippen molar-refractivity contribution in [2.45, 2.75) is 25.7 Å². The molecule has 1 heterocycles. The average Bonchev–Trinajstić information content (AvgIpc) is 2.16. The SMILES string of the molecule is CN1CCC2(C=CC(=O)CC2)CC1. The van der Waals surface area contributed by atoms with E-state index in [0.29, 0.717) is 11.2 Å². The lowest BCUT2D eigenvalue weighted by Gasteiger charge is -2.40. The number of carbonyl (C=O) groups excluding carboxylic acids is 1. The van der Waals surface area contributed by atoms with Gasteiger partial charge in [-0.05, 0) is 50.9 Å². The summed E-state index contributed by atoms with van der Waals surface area (Å²) >= 11 is 0. The van der Waals surface area contributed by atoms with Gasteiger partial charge in [0.1, 0.15) is 0 Å². The van der Waals surface area contributed by atoms with Crippen LogP contribution in [0.15, 0.2) is 12.2 Å². The first-order valence-corrected chi connectivity index (χ1v) is 5.11. The minimum atomic E-state index is 0.310. The normalized spacial score (nSPS) is 28.2. The summed E-state index contributed by atoms with van der Waals surface area (Å²) in [6, 6.07) is 0. The van der Waals surface area contributed by atoms with Gasteiger partial charge in [0.2, 0.25) is 0 Å². The van der Waals surface area contributed by atoms with Gasteiger partial charge in [0.25, 0.3) is 0 Å². The van der Waals surface area contributed by atoms with Crippen molar-refractivity contribution in [3.63, 3.8) is 0 Å². The summed E-state index contributed by atoms with van der Waals surface area (Å²) < 4.78 is 0. The van der Waals surface area contributed by atoms with Crippen molar-refractivity contribution in [1.82, 2.24) is 4.90 Å². The molecule has 0 aromatic rings. The van der Waals surface area contributed by atoms with Crippen LogP contribution in [0.2, 0.25) is 0 Å². The average molecular weight is 179 g/mol. The Kier molecular flexibility index (Phi) is 2.24. The fourth-order valence-corrected chi connectivity index (χ4v) is 2.29. The molecule has 1 aliphatic carbocycles. The Bertz CT molecular complexity index is 236. The van der Waals surface area contributed by atoms with E-state index in [1.807, 2.05) is 0 Å². The lowest BCUT2D eigenvalue weighted by molar-refractivity contribution is -0.115. The van der Waals surface area contributed by atoms with E-state index in [4.69, 9.17) is 0 Å². The Morgan fingerprint density at radius 2 is 2.00 bits per heavy atom. The van der Waals surface area contributed by atoms with Gasteiger partial charge in [0.15, 0.2) is 5.78 Å². The van der Waals surface area contributed by atoms with Crippen LogP contribution in [-0.2, 0) is 4.79 Å². The number of piperidine rings is 1. The Balaban J connectivity index is 2.05. The number of likely N-dealkylation sites (tertiary alicyclic amines) is 1. The molecule has 0 unspecified atom stereocenters. The lowest BCUT2D eigenvalue weighted by atomic mass is 9.72. The summed E-state index contributed by atoms with van der Waals surface area (Å²) in [5, 5.41) is 0.